The first-order chi connectivity index (χ1) is 10.1. The Hall–Kier alpha value is -2.10. The molecule has 1 aromatic carbocycles. The molecule has 1 saturated heterocycles. The molecule has 1 aliphatic rings. The van der Waals surface area contributed by atoms with E-state index in [0.29, 0.717) is 5.82 Å². The second-order valence-corrected chi connectivity index (χ2v) is 6.12. The van der Waals surface area contributed by atoms with Gasteiger partial charge in [-0.15, -0.1) is 0 Å². The number of imidazole rings is 1. The molecule has 0 aliphatic carbocycles. The Balaban J connectivity index is 1.83. The number of hydrogen-bond donors (Lipinski definition) is 0. The number of aryl methyl sites for hydroxylation is 1. The third-order valence-electron chi connectivity index (χ3n) is 4.47. The monoisotopic (exact) mass is 283 g/mol. The zero-order valence-corrected chi connectivity index (χ0v) is 12.6. The van der Waals surface area contributed by atoms with Crippen LogP contribution in [0.15, 0.2) is 42.7 Å². The van der Waals surface area contributed by atoms with E-state index in [2.05, 4.69) is 36.2 Å². The van der Waals surface area contributed by atoms with Gasteiger partial charge in [0.2, 0.25) is 0 Å². The van der Waals surface area contributed by atoms with Crippen LogP contribution in [-0.4, -0.2) is 33.4 Å². The average molecular weight is 283 g/mol. The molecule has 4 heteroatoms. The predicted octanol–water partition coefficient (Wildman–Crippen LogP) is 2.61. The first-order valence-corrected chi connectivity index (χ1v) is 7.42. The standard InChI is InChI=1S/C17H21N3O/c1-17(14-7-4-3-5-8-14)9-6-11-20(13-17)16(21)15-18-10-12-19(15)2/h3-5,7-8,10,12H,6,9,11,13H2,1-2H3/t17-/m0/s1. The van der Waals surface area contributed by atoms with Crippen molar-refractivity contribution in [3.8, 4) is 0 Å². The smallest absolute Gasteiger partial charge is 0.289 e. The van der Waals surface area contributed by atoms with Gasteiger partial charge in [0.15, 0.2) is 5.82 Å². The lowest BCUT2D eigenvalue weighted by Gasteiger charge is -2.40. The quantitative estimate of drug-likeness (QED) is 0.849. The van der Waals surface area contributed by atoms with Gasteiger partial charge in [-0.2, -0.15) is 0 Å². The molecular formula is C17H21N3O. The molecule has 0 radical (unpaired) electrons. The van der Waals surface area contributed by atoms with Crippen LogP contribution in [0, 0.1) is 0 Å². The van der Waals surface area contributed by atoms with Crippen LogP contribution in [0.25, 0.3) is 0 Å². The van der Waals surface area contributed by atoms with Crippen molar-refractivity contribution in [1.29, 1.82) is 0 Å². The largest absolute Gasteiger partial charge is 0.335 e. The first-order valence-electron chi connectivity index (χ1n) is 7.42. The third-order valence-corrected chi connectivity index (χ3v) is 4.47. The van der Waals surface area contributed by atoms with Crippen molar-refractivity contribution < 1.29 is 4.79 Å². The Bertz CT molecular complexity index is 634. The maximum Gasteiger partial charge on any atom is 0.289 e. The molecule has 0 N–H and O–H groups in total. The van der Waals surface area contributed by atoms with Crippen LogP contribution in [0.3, 0.4) is 0 Å². The normalized spacial score (nSPS) is 22.3. The van der Waals surface area contributed by atoms with E-state index in [1.807, 2.05) is 24.2 Å². The molecule has 2 aromatic rings. The van der Waals surface area contributed by atoms with E-state index in [1.54, 1.807) is 10.8 Å². The van der Waals surface area contributed by atoms with Gasteiger partial charge < -0.3 is 9.47 Å². The molecule has 2 heterocycles. The van der Waals surface area contributed by atoms with Crippen molar-refractivity contribution in [3.63, 3.8) is 0 Å². The molecule has 0 unspecified atom stereocenters. The second-order valence-electron chi connectivity index (χ2n) is 6.12. The van der Waals surface area contributed by atoms with Gasteiger partial charge in [-0.3, -0.25) is 4.79 Å². The van der Waals surface area contributed by atoms with E-state index < -0.39 is 0 Å². The van der Waals surface area contributed by atoms with Crippen molar-refractivity contribution in [2.45, 2.75) is 25.2 Å². The van der Waals surface area contributed by atoms with E-state index in [4.69, 9.17) is 0 Å². The summed E-state index contributed by atoms with van der Waals surface area (Å²) in [5, 5.41) is 0. The maximum absolute atomic E-state index is 12.6. The molecule has 110 valence electrons. The highest BCUT2D eigenvalue weighted by molar-refractivity contribution is 5.91. The van der Waals surface area contributed by atoms with Gasteiger partial charge in [0.25, 0.3) is 5.91 Å². The van der Waals surface area contributed by atoms with Gasteiger partial charge in [0, 0.05) is 37.9 Å². The van der Waals surface area contributed by atoms with Crippen LogP contribution >= 0.6 is 0 Å². The fourth-order valence-corrected chi connectivity index (χ4v) is 3.20. The lowest BCUT2D eigenvalue weighted by atomic mass is 9.76. The summed E-state index contributed by atoms with van der Waals surface area (Å²) in [5.41, 5.74) is 1.34. The maximum atomic E-state index is 12.6. The van der Waals surface area contributed by atoms with Crippen LogP contribution in [0.1, 0.15) is 35.9 Å². The van der Waals surface area contributed by atoms with Gasteiger partial charge in [-0.1, -0.05) is 37.3 Å². The molecule has 3 rings (SSSR count). The predicted molar refractivity (Wildman–Crippen MR) is 82.1 cm³/mol. The van der Waals surface area contributed by atoms with Crippen LogP contribution in [-0.2, 0) is 12.5 Å². The van der Waals surface area contributed by atoms with Crippen molar-refractivity contribution in [3.05, 3.63) is 54.1 Å². The molecule has 0 spiro atoms. The fourth-order valence-electron chi connectivity index (χ4n) is 3.20. The lowest BCUT2D eigenvalue weighted by molar-refractivity contribution is 0.0635. The molecule has 0 bridgehead atoms. The molecule has 1 aliphatic heterocycles. The number of hydrogen-bond acceptors (Lipinski definition) is 2. The number of likely N-dealkylation sites (tertiary alicyclic amines) is 1. The van der Waals surface area contributed by atoms with Crippen molar-refractivity contribution >= 4 is 5.91 Å². The Morgan fingerprint density at radius 3 is 2.71 bits per heavy atom. The minimum atomic E-state index is 0.0281. The number of carbonyl (C=O) groups excluding carboxylic acids is 1. The summed E-state index contributed by atoms with van der Waals surface area (Å²) >= 11 is 0. The van der Waals surface area contributed by atoms with Gasteiger partial charge in [-0.25, -0.2) is 4.98 Å². The molecule has 1 fully saturated rings. The number of aromatic nitrogens is 2. The summed E-state index contributed by atoms with van der Waals surface area (Å²) in [6, 6.07) is 10.5. The van der Waals surface area contributed by atoms with Crippen LogP contribution < -0.4 is 0 Å². The highest BCUT2D eigenvalue weighted by atomic mass is 16.2. The summed E-state index contributed by atoms with van der Waals surface area (Å²) in [5.74, 6) is 0.552. The van der Waals surface area contributed by atoms with Crippen LogP contribution in [0.2, 0.25) is 0 Å². The lowest BCUT2D eigenvalue weighted by Crippen LogP contribution is -2.47. The number of amides is 1. The molecular weight excluding hydrogens is 262 g/mol. The topological polar surface area (TPSA) is 38.1 Å². The third kappa shape index (κ3) is 2.58. The molecule has 0 saturated carbocycles. The van der Waals surface area contributed by atoms with Gasteiger partial charge in [-0.05, 0) is 18.4 Å². The van der Waals surface area contributed by atoms with Gasteiger partial charge >= 0.3 is 0 Å². The number of nitrogens with zero attached hydrogens (tertiary/aromatic N) is 3. The zero-order chi connectivity index (χ0) is 14.9. The van der Waals surface area contributed by atoms with Gasteiger partial charge in [0.05, 0.1) is 0 Å². The molecule has 21 heavy (non-hydrogen) atoms. The highest BCUT2D eigenvalue weighted by Crippen LogP contribution is 2.33. The molecule has 4 nitrogen and oxygen atoms in total. The second kappa shape index (κ2) is 5.35. The minimum Gasteiger partial charge on any atom is -0.335 e. The number of benzene rings is 1. The summed E-state index contributed by atoms with van der Waals surface area (Å²) in [6.07, 6.45) is 5.63. The van der Waals surface area contributed by atoms with E-state index in [-0.39, 0.29) is 11.3 Å². The average Bonchev–Trinajstić information content (AvgIpc) is 2.93. The number of carbonyl (C=O) groups is 1. The Labute approximate surface area is 125 Å². The summed E-state index contributed by atoms with van der Waals surface area (Å²) < 4.78 is 1.79. The summed E-state index contributed by atoms with van der Waals surface area (Å²) in [6.45, 7) is 3.82. The van der Waals surface area contributed by atoms with Crippen molar-refractivity contribution in [1.82, 2.24) is 14.5 Å². The SMILES string of the molecule is Cn1ccnc1C(=O)N1CCC[C@](C)(c2ccccc2)C1. The summed E-state index contributed by atoms with van der Waals surface area (Å²) in [7, 11) is 1.86. The minimum absolute atomic E-state index is 0.0281. The van der Waals surface area contributed by atoms with E-state index in [1.165, 1.54) is 5.56 Å². The Morgan fingerprint density at radius 2 is 2.05 bits per heavy atom. The molecule has 1 amide bonds. The highest BCUT2D eigenvalue weighted by Gasteiger charge is 2.35. The Morgan fingerprint density at radius 1 is 1.29 bits per heavy atom. The fraction of sp³-hybridized carbons (Fsp3) is 0.412. The zero-order valence-electron chi connectivity index (χ0n) is 12.6. The molecule has 1 aromatic heterocycles. The van der Waals surface area contributed by atoms with Crippen molar-refractivity contribution in [2.75, 3.05) is 13.1 Å². The van der Waals surface area contributed by atoms with Crippen LogP contribution in [0.4, 0.5) is 0 Å². The summed E-state index contributed by atoms with van der Waals surface area (Å²) in [4.78, 5) is 18.8. The Kier molecular flexibility index (Phi) is 3.53. The number of piperidine rings is 1. The molecule has 1 atom stereocenters. The van der Waals surface area contributed by atoms with Gasteiger partial charge in [0.1, 0.15) is 0 Å². The van der Waals surface area contributed by atoms with E-state index >= 15 is 0 Å². The number of rotatable bonds is 2. The van der Waals surface area contributed by atoms with Crippen LogP contribution in [0.5, 0.6) is 0 Å². The van der Waals surface area contributed by atoms with E-state index in [0.717, 1.165) is 25.9 Å². The first kappa shape index (κ1) is 13.9. The van der Waals surface area contributed by atoms with E-state index in [9.17, 15) is 4.79 Å². The van der Waals surface area contributed by atoms with Crippen molar-refractivity contribution in [2.24, 2.45) is 7.05 Å².